The molecule has 2 aromatic heterocycles. The van der Waals surface area contributed by atoms with E-state index in [2.05, 4.69) is 27.5 Å². The number of H-pyrrole nitrogens is 1. The highest BCUT2D eigenvalue weighted by molar-refractivity contribution is 5.87. The smallest absolute Gasteiger partial charge is 0.248 e. The van der Waals surface area contributed by atoms with Crippen molar-refractivity contribution >= 4 is 21.9 Å². The third-order valence-corrected chi connectivity index (χ3v) is 4.95. The number of aliphatic hydroxyl groups excluding tert-OH is 1. The molecule has 0 saturated carbocycles. The van der Waals surface area contributed by atoms with E-state index in [9.17, 15) is 15.0 Å². The van der Waals surface area contributed by atoms with E-state index in [1.54, 1.807) is 12.1 Å². The highest BCUT2D eigenvalue weighted by atomic mass is 16.3. The molecule has 8 nitrogen and oxygen atoms in total. The van der Waals surface area contributed by atoms with Crippen molar-refractivity contribution in [2.75, 3.05) is 6.54 Å². The Morgan fingerprint density at radius 3 is 2.90 bits per heavy atom. The number of aromatic hydroxyl groups is 1. The first-order valence-electron chi connectivity index (χ1n) is 9.62. The summed E-state index contributed by atoms with van der Waals surface area (Å²) in [6.07, 6.45) is 0.206. The number of hydrogen-bond acceptors (Lipinski definition) is 6. The zero-order valence-electron chi connectivity index (χ0n) is 16.1. The number of pyridine rings is 1. The Balaban J connectivity index is 1.46. The quantitative estimate of drug-likeness (QED) is 0.383. The lowest BCUT2D eigenvalue weighted by Gasteiger charge is -2.15. The first-order valence-corrected chi connectivity index (χ1v) is 9.62. The zero-order valence-corrected chi connectivity index (χ0v) is 16.1. The van der Waals surface area contributed by atoms with Gasteiger partial charge < -0.3 is 20.5 Å². The highest BCUT2D eigenvalue weighted by Gasteiger charge is 2.14. The third-order valence-electron chi connectivity index (χ3n) is 4.95. The molecule has 2 heterocycles. The molecule has 1 atom stereocenters. The Bertz CT molecular complexity index is 1210. The molecule has 0 radical (unpaired) electrons. The second-order valence-corrected chi connectivity index (χ2v) is 7.07. The van der Waals surface area contributed by atoms with Gasteiger partial charge in [-0.25, -0.2) is 4.68 Å². The Hall–Kier alpha value is -3.23. The van der Waals surface area contributed by atoms with Crippen molar-refractivity contribution in [3.63, 3.8) is 0 Å². The zero-order chi connectivity index (χ0) is 20.4. The first kappa shape index (κ1) is 19.1. The van der Waals surface area contributed by atoms with Crippen molar-refractivity contribution in [2.24, 2.45) is 0 Å². The van der Waals surface area contributed by atoms with Gasteiger partial charge >= 0.3 is 0 Å². The van der Waals surface area contributed by atoms with E-state index in [1.165, 1.54) is 12.1 Å². The largest absolute Gasteiger partial charge is 0.506 e. The van der Waals surface area contributed by atoms with Crippen LogP contribution in [0.4, 0.5) is 0 Å². The minimum Gasteiger partial charge on any atom is -0.506 e. The van der Waals surface area contributed by atoms with Crippen LogP contribution in [0.15, 0.2) is 47.3 Å². The molecular formula is C21H23N5O3. The molecule has 0 saturated heterocycles. The van der Waals surface area contributed by atoms with Crippen LogP contribution in [-0.2, 0) is 13.1 Å². The molecule has 0 aliphatic rings. The summed E-state index contributed by atoms with van der Waals surface area (Å²) >= 11 is 0. The molecule has 4 rings (SSSR count). The van der Waals surface area contributed by atoms with Crippen LogP contribution in [0, 0.1) is 0 Å². The van der Waals surface area contributed by atoms with Gasteiger partial charge in [-0.2, -0.15) is 0 Å². The molecule has 0 fully saturated rings. The summed E-state index contributed by atoms with van der Waals surface area (Å²) in [5, 5.41) is 32.9. The van der Waals surface area contributed by atoms with Crippen LogP contribution in [0.1, 0.15) is 30.6 Å². The van der Waals surface area contributed by atoms with Crippen molar-refractivity contribution in [2.45, 2.75) is 32.5 Å². The Morgan fingerprint density at radius 1 is 1.21 bits per heavy atom. The number of aromatic nitrogens is 4. The van der Waals surface area contributed by atoms with Crippen molar-refractivity contribution < 1.29 is 10.2 Å². The Labute approximate surface area is 166 Å². The van der Waals surface area contributed by atoms with Gasteiger partial charge in [-0.3, -0.25) is 4.79 Å². The van der Waals surface area contributed by atoms with Crippen LogP contribution >= 0.6 is 0 Å². The molecule has 150 valence electrons. The van der Waals surface area contributed by atoms with Crippen LogP contribution in [0.25, 0.3) is 21.9 Å². The fourth-order valence-corrected chi connectivity index (χ4v) is 3.52. The molecule has 0 bridgehead atoms. The molecule has 4 N–H and O–H groups in total. The predicted molar refractivity (Wildman–Crippen MR) is 111 cm³/mol. The lowest BCUT2D eigenvalue weighted by molar-refractivity contribution is 0.176. The van der Waals surface area contributed by atoms with Crippen LogP contribution in [-0.4, -0.2) is 36.7 Å². The lowest BCUT2D eigenvalue weighted by Crippen LogP contribution is -2.21. The van der Waals surface area contributed by atoms with Gasteiger partial charge in [0, 0.05) is 31.1 Å². The minimum absolute atomic E-state index is 0.0222. The molecule has 0 spiro atoms. The number of fused-ring (bicyclic) bond motifs is 2. The molecule has 29 heavy (non-hydrogen) atoms. The molecular weight excluding hydrogens is 370 g/mol. The maximum Gasteiger partial charge on any atom is 0.248 e. The summed E-state index contributed by atoms with van der Waals surface area (Å²) in [7, 11) is 0. The molecule has 2 aromatic carbocycles. The predicted octanol–water partition coefficient (Wildman–Crippen LogP) is 2.21. The van der Waals surface area contributed by atoms with E-state index in [4.69, 9.17) is 0 Å². The highest BCUT2D eigenvalue weighted by Crippen LogP contribution is 2.28. The lowest BCUT2D eigenvalue weighted by atomic mass is 10.0. The summed E-state index contributed by atoms with van der Waals surface area (Å²) < 4.78 is 1.90. The van der Waals surface area contributed by atoms with Crippen LogP contribution in [0.2, 0.25) is 0 Å². The fraction of sp³-hybridized carbons (Fsp3) is 0.286. The fourth-order valence-electron chi connectivity index (χ4n) is 3.52. The SMILES string of the molecule is CCCn1nnc2cc(CNC[C@H](O)c3ccc(O)c4[nH]c(=O)ccc34)ccc21. The second-order valence-electron chi connectivity index (χ2n) is 7.07. The maximum absolute atomic E-state index is 11.5. The van der Waals surface area contributed by atoms with E-state index in [0.717, 1.165) is 29.6 Å². The van der Waals surface area contributed by atoms with Crippen LogP contribution in [0.3, 0.4) is 0 Å². The number of nitrogens with one attached hydrogen (secondary N) is 2. The van der Waals surface area contributed by atoms with Gasteiger partial charge in [0.2, 0.25) is 5.56 Å². The average Bonchev–Trinajstić information content (AvgIpc) is 3.11. The molecule has 8 heteroatoms. The van der Waals surface area contributed by atoms with Crippen LogP contribution in [0.5, 0.6) is 5.75 Å². The second kappa shape index (κ2) is 8.02. The minimum atomic E-state index is -0.793. The van der Waals surface area contributed by atoms with Crippen molar-refractivity contribution in [3.05, 3.63) is 63.9 Å². The van der Waals surface area contributed by atoms with E-state index in [1.807, 2.05) is 22.9 Å². The van der Waals surface area contributed by atoms with Gasteiger partial charge in [0.25, 0.3) is 0 Å². The summed E-state index contributed by atoms with van der Waals surface area (Å²) in [6.45, 7) is 3.83. The molecule has 0 aliphatic carbocycles. The molecule has 4 aromatic rings. The van der Waals surface area contributed by atoms with E-state index in [0.29, 0.717) is 29.6 Å². The van der Waals surface area contributed by atoms with Crippen molar-refractivity contribution in [1.29, 1.82) is 0 Å². The van der Waals surface area contributed by atoms with Crippen LogP contribution < -0.4 is 10.9 Å². The number of benzene rings is 2. The van der Waals surface area contributed by atoms with Gasteiger partial charge in [0.1, 0.15) is 11.3 Å². The summed E-state index contributed by atoms with van der Waals surface area (Å²) in [5.41, 5.74) is 3.58. The van der Waals surface area contributed by atoms with Gasteiger partial charge in [-0.05, 0) is 41.8 Å². The molecule has 0 aliphatic heterocycles. The summed E-state index contributed by atoms with van der Waals surface area (Å²) in [4.78, 5) is 14.1. The average molecular weight is 393 g/mol. The number of phenols is 1. The Morgan fingerprint density at radius 2 is 2.07 bits per heavy atom. The third kappa shape index (κ3) is 3.85. The van der Waals surface area contributed by atoms with Gasteiger partial charge in [0.15, 0.2) is 0 Å². The summed E-state index contributed by atoms with van der Waals surface area (Å²) in [5.74, 6) is -0.0222. The van der Waals surface area contributed by atoms with E-state index < -0.39 is 6.10 Å². The van der Waals surface area contributed by atoms with Crippen molar-refractivity contribution in [1.82, 2.24) is 25.3 Å². The maximum atomic E-state index is 11.5. The molecule has 0 amide bonds. The van der Waals surface area contributed by atoms with E-state index >= 15 is 0 Å². The number of aromatic amines is 1. The monoisotopic (exact) mass is 393 g/mol. The number of aryl methyl sites for hydroxylation is 1. The van der Waals surface area contributed by atoms with Gasteiger partial charge in [-0.1, -0.05) is 24.3 Å². The number of nitrogens with zero attached hydrogens (tertiary/aromatic N) is 3. The topological polar surface area (TPSA) is 116 Å². The summed E-state index contributed by atoms with van der Waals surface area (Å²) in [6, 6.07) is 12.2. The normalized spacial score (nSPS) is 12.6. The standard InChI is InChI=1S/C21H23N5O3/c1-2-9-26-17-6-3-13(10-16(17)24-25-26)11-22-12-19(28)14-4-7-18(27)21-15(14)5-8-20(29)23-21/h3-8,10,19,22,27-28H,2,9,11-12H2,1H3,(H,23,29)/t19-/m0/s1. The number of phenolic OH excluding ortho intramolecular Hbond substituents is 1. The Kier molecular flexibility index (Phi) is 5.28. The number of aliphatic hydroxyl groups is 1. The van der Waals surface area contributed by atoms with Crippen molar-refractivity contribution in [3.8, 4) is 5.75 Å². The van der Waals surface area contributed by atoms with Gasteiger partial charge in [-0.15, -0.1) is 5.10 Å². The number of hydrogen-bond donors (Lipinski definition) is 4. The first-order chi connectivity index (χ1) is 14.1. The molecule has 0 unspecified atom stereocenters. The van der Waals surface area contributed by atoms with Gasteiger partial charge in [0.05, 0.1) is 17.1 Å². The number of rotatable bonds is 7. The van der Waals surface area contributed by atoms with E-state index in [-0.39, 0.29) is 11.3 Å².